The van der Waals surface area contributed by atoms with Gasteiger partial charge >= 0.3 is 0 Å². The van der Waals surface area contributed by atoms with Gasteiger partial charge in [0.15, 0.2) is 0 Å². The summed E-state index contributed by atoms with van der Waals surface area (Å²) in [5.74, 6) is -0.603. The molecule has 0 spiro atoms. The van der Waals surface area contributed by atoms with Crippen LogP contribution in [0.3, 0.4) is 0 Å². The first-order chi connectivity index (χ1) is 9.08. The van der Waals surface area contributed by atoms with Gasteiger partial charge in [-0.15, -0.1) is 0 Å². The minimum Gasteiger partial charge on any atom is -0.356 e. The van der Waals surface area contributed by atoms with Crippen molar-refractivity contribution < 1.29 is 14.0 Å². The lowest BCUT2D eigenvalue weighted by Gasteiger charge is -2.02. The second kappa shape index (κ2) is 8.02. The summed E-state index contributed by atoms with van der Waals surface area (Å²) >= 11 is 0. The van der Waals surface area contributed by atoms with E-state index in [1.54, 1.807) is 18.2 Å². The summed E-state index contributed by atoms with van der Waals surface area (Å²) in [6, 6.07) is 5.86. The van der Waals surface area contributed by atoms with E-state index in [1.165, 1.54) is 25.1 Å². The van der Waals surface area contributed by atoms with Crippen LogP contribution in [0.5, 0.6) is 0 Å². The molecule has 4 nitrogen and oxygen atoms in total. The monoisotopic (exact) mass is 264 g/mol. The molecule has 0 aliphatic carbocycles. The van der Waals surface area contributed by atoms with Crippen molar-refractivity contribution in [3.05, 3.63) is 41.7 Å². The van der Waals surface area contributed by atoms with Gasteiger partial charge in [-0.3, -0.25) is 9.59 Å². The van der Waals surface area contributed by atoms with Gasteiger partial charge in [-0.05, 0) is 30.2 Å². The highest BCUT2D eigenvalue weighted by Gasteiger charge is 1.96. The number of rotatable bonds is 6. The lowest BCUT2D eigenvalue weighted by atomic mass is 10.2. The van der Waals surface area contributed by atoms with E-state index in [-0.39, 0.29) is 17.6 Å². The van der Waals surface area contributed by atoms with Gasteiger partial charge in [0.1, 0.15) is 5.82 Å². The fourth-order valence-corrected chi connectivity index (χ4v) is 1.37. The molecule has 0 saturated carbocycles. The van der Waals surface area contributed by atoms with Crippen molar-refractivity contribution in [1.29, 1.82) is 0 Å². The smallest absolute Gasteiger partial charge is 0.244 e. The van der Waals surface area contributed by atoms with Gasteiger partial charge in [0.2, 0.25) is 11.8 Å². The molecule has 0 heterocycles. The van der Waals surface area contributed by atoms with Crippen LogP contribution in [-0.2, 0) is 9.59 Å². The molecular weight excluding hydrogens is 247 g/mol. The summed E-state index contributed by atoms with van der Waals surface area (Å²) < 4.78 is 12.6. The Morgan fingerprint density at radius 2 is 1.79 bits per heavy atom. The highest BCUT2D eigenvalue weighted by Crippen LogP contribution is 2.04. The Balaban J connectivity index is 2.23. The first-order valence-electron chi connectivity index (χ1n) is 6.04. The van der Waals surface area contributed by atoms with E-state index in [9.17, 15) is 14.0 Å². The fraction of sp³-hybridized carbons (Fsp3) is 0.286. The van der Waals surface area contributed by atoms with E-state index < -0.39 is 0 Å². The van der Waals surface area contributed by atoms with Crippen LogP contribution in [0, 0.1) is 5.82 Å². The first kappa shape index (κ1) is 14.9. The predicted molar refractivity (Wildman–Crippen MR) is 71.7 cm³/mol. The molecule has 0 aromatic heterocycles. The Kier molecular flexibility index (Phi) is 6.29. The van der Waals surface area contributed by atoms with Gasteiger partial charge in [-0.25, -0.2) is 4.39 Å². The van der Waals surface area contributed by atoms with Gasteiger partial charge in [-0.2, -0.15) is 0 Å². The summed E-state index contributed by atoms with van der Waals surface area (Å²) in [7, 11) is 0. The Bertz CT molecular complexity index is 455. The van der Waals surface area contributed by atoms with E-state index in [0.29, 0.717) is 19.5 Å². The van der Waals surface area contributed by atoms with Gasteiger partial charge in [-0.1, -0.05) is 12.1 Å². The number of halogens is 1. The molecule has 2 N–H and O–H groups in total. The van der Waals surface area contributed by atoms with Crippen molar-refractivity contribution in [3.63, 3.8) is 0 Å². The van der Waals surface area contributed by atoms with E-state index in [2.05, 4.69) is 10.6 Å². The van der Waals surface area contributed by atoms with Crippen LogP contribution < -0.4 is 10.6 Å². The molecule has 1 aromatic rings. The molecule has 2 amide bonds. The molecule has 0 unspecified atom stereocenters. The lowest BCUT2D eigenvalue weighted by Crippen LogP contribution is -2.27. The number of hydrogen-bond acceptors (Lipinski definition) is 2. The topological polar surface area (TPSA) is 58.2 Å². The molecule has 0 atom stereocenters. The summed E-state index contributed by atoms with van der Waals surface area (Å²) in [5, 5.41) is 5.33. The third-order valence-corrected chi connectivity index (χ3v) is 2.32. The maximum absolute atomic E-state index is 12.6. The minimum atomic E-state index is -0.306. The molecule has 0 aliphatic rings. The first-order valence-corrected chi connectivity index (χ1v) is 6.04. The SMILES string of the molecule is CC(=O)NCCCNC(=O)/C=C/c1ccc(F)cc1. The highest BCUT2D eigenvalue weighted by molar-refractivity contribution is 5.91. The van der Waals surface area contributed by atoms with Crippen LogP contribution in [0.25, 0.3) is 6.08 Å². The maximum atomic E-state index is 12.6. The van der Waals surface area contributed by atoms with Gasteiger partial charge in [0.25, 0.3) is 0 Å². The third-order valence-electron chi connectivity index (χ3n) is 2.32. The highest BCUT2D eigenvalue weighted by atomic mass is 19.1. The van der Waals surface area contributed by atoms with Crippen LogP contribution in [0.2, 0.25) is 0 Å². The molecule has 1 aromatic carbocycles. The van der Waals surface area contributed by atoms with Crippen LogP contribution >= 0.6 is 0 Å². The largest absolute Gasteiger partial charge is 0.356 e. The molecule has 0 saturated heterocycles. The molecule has 0 bridgehead atoms. The summed E-state index contributed by atoms with van der Waals surface area (Å²) in [4.78, 5) is 22.0. The predicted octanol–water partition coefficient (Wildman–Crippen LogP) is 1.48. The molecule has 0 fully saturated rings. The van der Waals surface area contributed by atoms with Crippen LogP contribution in [-0.4, -0.2) is 24.9 Å². The van der Waals surface area contributed by atoms with Crippen molar-refractivity contribution in [2.45, 2.75) is 13.3 Å². The van der Waals surface area contributed by atoms with Crippen molar-refractivity contribution in [2.24, 2.45) is 0 Å². The summed E-state index contributed by atoms with van der Waals surface area (Å²) in [6.07, 6.45) is 3.68. The number of hydrogen-bond donors (Lipinski definition) is 2. The van der Waals surface area contributed by atoms with Crippen LogP contribution in [0.1, 0.15) is 18.9 Å². The van der Waals surface area contributed by atoms with Gasteiger partial charge < -0.3 is 10.6 Å². The number of carbonyl (C=O) groups excluding carboxylic acids is 2. The van der Waals surface area contributed by atoms with E-state index in [0.717, 1.165) is 5.56 Å². The van der Waals surface area contributed by atoms with Gasteiger partial charge in [0, 0.05) is 26.1 Å². The number of amides is 2. The Morgan fingerprint density at radius 3 is 2.42 bits per heavy atom. The fourth-order valence-electron chi connectivity index (χ4n) is 1.37. The van der Waals surface area contributed by atoms with Crippen molar-refractivity contribution in [3.8, 4) is 0 Å². The average Bonchev–Trinajstić information content (AvgIpc) is 2.37. The second-order valence-electron chi connectivity index (χ2n) is 4.01. The number of nitrogens with one attached hydrogen (secondary N) is 2. The van der Waals surface area contributed by atoms with Gasteiger partial charge in [0.05, 0.1) is 0 Å². The zero-order valence-corrected chi connectivity index (χ0v) is 10.8. The Hall–Kier alpha value is -2.17. The maximum Gasteiger partial charge on any atom is 0.244 e. The molecule has 0 aliphatic heterocycles. The molecule has 102 valence electrons. The average molecular weight is 264 g/mol. The van der Waals surface area contributed by atoms with E-state index in [1.807, 2.05) is 0 Å². The molecule has 19 heavy (non-hydrogen) atoms. The summed E-state index contributed by atoms with van der Waals surface area (Å²) in [6.45, 7) is 2.48. The molecule has 5 heteroatoms. The number of benzene rings is 1. The molecule has 1 rings (SSSR count). The Labute approximate surface area is 111 Å². The summed E-state index contributed by atoms with van der Waals surface area (Å²) in [5.41, 5.74) is 0.759. The minimum absolute atomic E-state index is 0.0810. The second-order valence-corrected chi connectivity index (χ2v) is 4.01. The van der Waals surface area contributed by atoms with Crippen LogP contribution in [0.15, 0.2) is 30.3 Å². The van der Waals surface area contributed by atoms with Crippen molar-refractivity contribution in [2.75, 3.05) is 13.1 Å². The van der Waals surface area contributed by atoms with Crippen LogP contribution in [0.4, 0.5) is 4.39 Å². The van der Waals surface area contributed by atoms with E-state index in [4.69, 9.17) is 0 Å². The Morgan fingerprint density at radius 1 is 1.16 bits per heavy atom. The zero-order chi connectivity index (χ0) is 14.1. The lowest BCUT2D eigenvalue weighted by molar-refractivity contribution is -0.119. The molecular formula is C14H17FN2O2. The van der Waals surface area contributed by atoms with E-state index >= 15 is 0 Å². The standard InChI is InChI=1S/C14H17FN2O2/c1-11(18)16-9-2-10-17-14(19)8-5-12-3-6-13(15)7-4-12/h3-8H,2,9-10H2,1H3,(H,16,18)(H,17,19)/b8-5+. The normalized spacial score (nSPS) is 10.4. The molecule has 0 radical (unpaired) electrons. The zero-order valence-electron chi connectivity index (χ0n) is 10.8. The quantitative estimate of drug-likeness (QED) is 0.604. The van der Waals surface area contributed by atoms with Crippen molar-refractivity contribution in [1.82, 2.24) is 10.6 Å². The van der Waals surface area contributed by atoms with Crippen molar-refractivity contribution >= 4 is 17.9 Å². The third kappa shape index (κ3) is 6.98. The number of carbonyl (C=O) groups is 2.